The summed E-state index contributed by atoms with van der Waals surface area (Å²) in [7, 11) is 1.80. The molecule has 1 heterocycles. The van der Waals surface area contributed by atoms with Crippen LogP contribution in [0, 0.1) is 0 Å². The standard InChI is InChI=1S/C12H19N3O2/c1-9(16)12(2,3)14-11(17)6-5-10-7-8-13-15(10)4/h5-9,16H,1-4H3,(H,14,17)/b6-5+. The largest absolute Gasteiger partial charge is 0.391 e. The normalized spacial score (nSPS) is 13.9. The summed E-state index contributed by atoms with van der Waals surface area (Å²) >= 11 is 0. The average molecular weight is 237 g/mol. The number of hydrogen-bond acceptors (Lipinski definition) is 3. The van der Waals surface area contributed by atoms with Crippen LogP contribution in [0.15, 0.2) is 18.3 Å². The predicted octanol–water partition coefficient (Wildman–Crippen LogP) is 0.709. The lowest BCUT2D eigenvalue weighted by Gasteiger charge is -2.28. The maximum Gasteiger partial charge on any atom is 0.244 e. The van der Waals surface area contributed by atoms with Crippen LogP contribution < -0.4 is 5.32 Å². The molecule has 1 atom stereocenters. The molecule has 5 heteroatoms. The number of nitrogens with one attached hydrogen (secondary N) is 1. The Hall–Kier alpha value is -1.62. The number of hydrogen-bond donors (Lipinski definition) is 2. The molecule has 0 aromatic carbocycles. The van der Waals surface area contributed by atoms with Gasteiger partial charge in [0.2, 0.25) is 5.91 Å². The maximum absolute atomic E-state index is 11.6. The van der Waals surface area contributed by atoms with E-state index in [1.165, 1.54) is 6.08 Å². The molecule has 17 heavy (non-hydrogen) atoms. The van der Waals surface area contributed by atoms with Crippen molar-refractivity contribution in [3.63, 3.8) is 0 Å². The molecule has 0 bridgehead atoms. The number of nitrogens with zero attached hydrogens (tertiary/aromatic N) is 2. The zero-order chi connectivity index (χ0) is 13.1. The van der Waals surface area contributed by atoms with Gasteiger partial charge in [-0.3, -0.25) is 9.48 Å². The number of aliphatic hydroxyl groups is 1. The van der Waals surface area contributed by atoms with E-state index in [4.69, 9.17) is 0 Å². The van der Waals surface area contributed by atoms with E-state index in [1.54, 1.807) is 44.8 Å². The zero-order valence-corrected chi connectivity index (χ0v) is 10.6. The molecule has 0 spiro atoms. The minimum atomic E-state index is -0.645. The number of aromatic nitrogens is 2. The molecule has 5 nitrogen and oxygen atoms in total. The first-order chi connectivity index (χ1) is 7.83. The van der Waals surface area contributed by atoms with E-state index in [2.05, 4.69) is 10.4 Å². The highest BCUT2D eigenvalue weighted by Gasteiger charge is 2.24. The van der Waals surface area contributed by atoms with Crippen LogP contribution in [0.3, 0.4) is 0 Å². The molecular formula is C12H19N3O2. The van der Waals surface area contributed by atoms with E-state index >= 15 is 0 Å². The van der Waals surface area contributed by atoms with E-state index < -0.39 is 11.6 Å². The highest BCUT2D eigenvalue weighted by atomic mass is 16.3. The van der Waals surface area contributed by atoms with Crippen LogP contribution in [0.25, 0.3) is 6.08 Å². The van der Waals surface area contributed by atoms with Crippen molar-refractivity contribution in [2.24, 2.45) is 7.05 Å². The van der Waals surface area contributed by atoms with Crippen molar-refractivity contribution in [1.82, 2.24) is 15.1 Å². The molecule has 1 amide bonds. The third-order valence-electron chi connectivity index (χ3n) is 2.75. The average Bonchev–Trinajstić information content (AvgIpc) is 2.60. The molecule has 0 saturated heterocycles. The van der Waals surface area contributed by atoms with Crippen molar-refractivity contribution in [3.05, 3.63) is 24.0 Å². The SMILES string of the molecule is CC(O)C(C)(C)NC(=O)/C=C/c1ccnn1C. The lowest BCUT2D eigenvalue weighted by Crippen LogP contribution is -2.50. The van der Waals surface area contributed by atoms with Crippen molar-refractivity contribution >= 4 is 12.0 Å². The van der Waals surface area contributed by atoms with E-state index in [0.717, 1.165) is 5.69 Å². The molecule has 0 aliphatic heterocycles. The van der Waals surface area contributed by atoms with Crippen LogP contribution in [0.5, 0.6) is 0 Å². The Bertz CT molecular complexity index is 419. The second-order valence-electron chi connectivity index (χ2n) is 4.60. The van der Waals surface area contributed by atoms with Gasteiger partial charge >= 0.3 is 0 Å². The first-order valence-corrected chi connectivity index (χ1v) is 5.49. The summed E-state index contributed by atoms with van der Waals surface area (Å²) in [6.07, 6.45) is 4.16. The van der Waals surface area contributed by atoms with Gasteiger partial charge in [0, 0.05) is 19.3 Å². The Kier molecular flexibility index (Phi) is 4.07. The van der Waals surface area contributed by atoms with E-state index in [9.17, 15) is 9.90 Å². The van der Waals surface area contributed by atoms with Gasteiger partial charge < -0.3 is 10.4 Å². The fraction of sp³-hybridized carbons (Fsp3) is 0.500. The molecule has 0 aliphatic carbocycles. The molecule has 94 valence electrons. The molecule has 0 saturated carbocycles. The number of amides is 1. The molecule has 0 fully saturated rings. The van der Waals surface area contributed by atoms with Gasteiger partial charge in [0.25, 0.3) is 0 Å². The van der Waals surface area contributed by atoms with E-state index in [-0.39, 0.29) is 5.91 Å². The van der Waals surface area contributed by atoms with Crippen LogP contribution >= 0.6 is 0 Å². The summed E-state index contributed by atoms with van der Waals surface area (Å²) in [5.74, 6) is -0.239. The molecular weight excluding hydrogens is 218 g/mol. The fourth-order valence-corrected chi connectivity index (χ4v) is 1.17. The van der Waals surface area contributed by atoms with Gasteiger partial charge in [0.05, 0.1) is 17.3 Å². The van der Waals surface area contributed by atoms with Crippen LogP contribution in [-0.2, 0) is 11.8 Å². The van der Waals surface area contributed by atoms with Gasteiger partial charge in [0.15, 0.2) is 0 Å². The van der Waals surface area contributed by atoms with Crippen LogP contribution in [0.4, 0.5) is 0 Å². The van der Waals surface area contributed by atoms with Crippen molar-refractivity contribution in [3.8, 4) is 0 Å². The summed E-state index contributed by atoms with van der Waals surface area (Å²) in [5.41, 5.74) is 0.198. The molecule has 1 rings (SSSR count). The van der Waals surface area contributed by atoms with Gasteiger partial charge in [0.1, 0.15) is 0 Å². The lowest BCUT2D eigenvalue weighted by atomic mass is 9.99. The van der Waals surface area contributed by atoms with Crippen molar-refractivity contribution in [1.29, 1.82) is 0 Å². The van der Waals surface area contributed by atoms with Gasteiger partial charge in [-0.1, -0.05) is 0 Å². The molecule has 2 N–H and O–H groups in total. The molecule has 0 radical (unpaired) electrons. The minimum absolute atomic E-state index is 0.239. The van der Waals surface area contributed by atoms with Crippen molar-refractivity contribution in [2.75, 3.05) is 0 Å². The highest BCUT2D eigenvalue weighted by Crippen LogP contribution is 2.08. The maximum atomic E-state index is 11.6. The molecule has 1 aromatic heterocycles. The Morgan fingerprint density at radius 1 is 1.65 bits per heavy atom. The quantitative estimate of drug-likeness (QED) is 0.758. The number of aliphatic hydroxyl groups excluding tert-OH is 1. The molecule has 1 unspecified atom stereocenters. The van der Waals surface area contributed by atoms with Crippen LogP contribution in [0.1, 0.15) is 26.5 Å². The van der Waals surface area contributed by atoms with Crippen LogP contribution in [0.2, 0.25) is 0 Å². The Balaban J connectivity index is 2.62. The number of carbonyl (C=O) groups excluding carboxylic acids is 1. The van der Waals surface area contributed by atoms with E-state index in [1.807, 2.05) is 6.07 Å². The van der Waals surface area contributed by atoms with Gasteiger partial charge in [-0.25, -0.2) is 0 Å². The van der Waals surface area contributed by atoms with Gasteiger partial charge in [-0.2, -0.15) is 5.10 Å². The molecule has 1 aromatic rings. The van der Waals surface area contributed by atoms with Gasteiger partial charge in [-0.05, 0) is 32.9 Å². The number of aryl methyl sites for hydroxylation is 1. The summed E-state index contributed by atoms with van der Waals surface area (Å²) < 4.78 is 1.67. The second-order valence-corrected chi connectivity index (χ2v) is 4.60. The van der Waals surface area contributed by atoms with Crippen molar-refractivity contribution < 1.29 is 9.90 Å². The topological polar surface area (TPSA) is 67.2 Å². The Labute approximate surface area is 101 Å². The Morgan fingerprint density at radius 2 is 2.29 bits per heavy atom. The summed E-state index contributed by atoms with van der Waals surface area (Å²) in [5, 5.41) is 16.2. The monoisotopic (exact) mass is 237 g/mol. The minimum Gasteiger partial charge on any atom is -0.391 e. The van der Waals surface area contributed by atoms with E-state index in [0.29, 0.717) is 0 Å². The smallest absolute Gasteiger partial charge is 0.244 e. The fourth-order valence-electron chi connectivity index (χ4n) is 1.17. The Morgan fingerprint density at radius 3 is 2.76 bits per heavy atom. The summed E-state index contributed by atoms with van der Waals surface area (Å²) in [4.78, 5) is 11.6. The second kappa shape index (κ2) is 5.14. The highest BCUT2D eigenvalue weighted by molar-refractivity contribution is 5.92. The number of carbonyl (C=O) groups is 1. The first kappa shape index (κ1) is 13.4. The number of rotatable bonds is 4. The zero-order valence-electron chi connectivity index (χ0n) is 10.6. The third kappa shape index (κ3) is 3.71. The predicted molar refractivity (Wildman–Crippen MR) is 66.1 cm³/mol. The summed E-state index contributed by atoms with van der Waals surface area (Å²) in [6.45, 7) is 5.19. The first-order valence-electron chi connectivity index (χ1n) is 5.49. The summed E-state index contributed by atoms with van der Waals surface area (Å²) in [6, 6.07) is 1.81. The van der Waals surface area contributed by atoms with Crippen LogP contribution in [-0.4, -0.2) is 32.4 Å². The van der Waals surface area contributed by atoms with Crippen molar-refractivity contribution in [2.45, 2.75) is 32.4 Å². The lowest BCUT2D eigenvalue weighted by molar-refractivity contribution is -0.119. The molecule has 0 aliphatic rings. The third-order valence-corrected chi connectivity index (χ3v) is 2.75. The van der Waals surface area contributed by atoms with Gasteiger partial charge in [-0.15, -0.1) is 0 Å².